The zero-order valence-corrected chi connectivity index (χ0v) is 16.7. The molecule has 1 heterocycles. The van der Waals surface area contributed by atoms with Crippen molar-refractivity contribution in [2.45, 2.75) is 45.4 Å². The number of rotatable bonds is 3. The van der Waals surface area contributed by atoms with E-state index in [-0.39, 0.29) is 11.2 Å². The molecule has 0 aromatic heterocycles. The summed E-state index contributed by atoms with van der Waals surface area (Å²) in [5, 5.41) is 0. The van der Waals surface area contributed by atoms with E-state index in [1.54, 1.807) is 12.5 Å². The molecular formula is C25H29NO. The van der Waals surface area contributed by atoms with Crippen LogP contribution in [0, 0.1) is 0 Å². The number of piperidine rings is 1. The molecule has 0 spiro atoms. The molecule has 0 amide bonds. The highest BCUT2D eigenvalue weighted by Gasteiger charge is 2.35. The molecule has 0 N–H and O–H groups in total. The third-order valence-corrected chi connectivity index (χ3v) is 6.33. The number of nitrogens with zero attached hydrogens (tertiary/aromatic N) is 1. The van der Waals surface area contributed by atoms with Crippen LogP contribution in [0.15, 0.2) is 54.1 Å². The van der Waals surface area contributed by atoms with Crippen molar-refractivity contribution in [1.82, 2.24) is 4.90 Å². The minimum Gasteiger partial charge on any atom is -0.302 e. The largest absolute Gasteiger partial charge is 0.302 e. The summed E-state index contributed by atoms with van der Waals surface area (Å²) in [6.45, 7) is 9.39. The number of likely N-dealkylation sites (tertiary alicyclic amines) is 1. The molecule has 1 saturated heterocycles. The predicted molar refractivity (Wildman–Crippen MR) is 112 cm³/mol. The zero-order chi connectivity index (χ0) is 19.0. The van der Waals surface area contributed by atoms with E-state index in [2.05, 4.69) is 67.3 Å². The molecule has 1 fully saturated rings. The fourth-order valence-electron chi connectivity index (χ4n) is 4.78. The van der Waals surface area contributed by atoms with E-state index in [0.29, 0.717) is 6.42 Å². The van der Waals surface area contributed by atoms with Gasteiger partial charge in [0.1, 0.15) is 5.78 Å². The highest BCUT2D eigenvalue weighted by molar-refractivity contribution is 5.89. The van der Waals surface area contributed by atoms with Gasteiger partial charge in [0, 0.05) is 31.5 Å². The average molecular weight is 360 g/mol. The van der Waals surface area contributed by atoms with Crippen molar-refractivity contribution in [2.75, 3.05) is 19.6 Å². The molecule has 0 unspecified atom stereocenters. The maximum Gasteiger partial charge on any atom is 0.131 e. The first-order chi connectivity index (χ1) is 13.0. The smallest absolute Gasteiger partial charge is 0.131 e. The van der Waals surface area contributed by atoms with Crippen molar-refractivity contribution in [2.24, 2.45) is 0 Å². The van der Waals surface area contributed by atoms with Crippen LogP contribution in [0.4, 0.5) is 0 Å². The highest BCUT2D eigenvalue weighted by Crippen LogP contribution is 2.48. The fraction of sp³-hybridized carbons (Fsp3) is 0.400. The van der Waals surface area contributed by atoms with Gasteiger partial charge in [-0.3, -0.25) is 4.79 Å². The van der Waals surface area contributed by atoms with Crippen LogP contribution in [0.25, 0.3) is 5.57 Å². The molecule has 1 aliphatic carbocycles. The van der Waals surface area contributed by atoms with Crippen LogP contribution in [0.2, 0.25) is 0 Å². The van der Waals surface area contributed by atoms with Gasteiger partial charge in [0.25, 0.3) is 0 Å². The first-order valence-corrected chi connectivity index (χ1v) is 10.1. The quantitative estimate of drug-likeness (QED) is 0.750. The maximum atomic E-state index is 11.3. The number of hydrogen-bond donors (Lipinski definition) is 0. The van der Waals surface area contributed by atoms with E-state index in [4.69, 9.17) is 0 Å². The monoisotopic (exact) mass is 359 g/mol. The van der Waals surface area contributed by atoms with Crippen molar-refractivity contribution in [1.29, 1.82) is 0 Å². The van der Waals surface area contributed by atoms with E-state index < -0.39 is 0 Å². The van der Waals surface area contributed by atoms with E-state index in [0.717, 1.165) is 32.5 Å². The number of Topliss-reactive ketones (excluding diaryl/α,β-unsaturated/α-hetero) is 1. The summed E-state index contributed by atoms with van der Waals surface area (Å²) >= 11 is 0. The van der Waals surface area contributed by atoms with Crippen molar-refractivity contribution in [3.63, 3.8) is 0 Å². The van der Waals surface area contributed by atoms with Crippen molar-refractivity contribution >= 4 is 11.4 Å². The van der Waals surface area contributed by atoms with Gasteiger partial charge < -0.3 is 4.90 Å². The van der Waals surface area contributed by atoms with Crippen LogP contribution in [0.3, 0.4) is 0 Å². The van der Waals surface area contributed by atoms with Crippen LogP contribution in [-0.4, -0.2) is 30.3 Å². The third kappa shape index (κ3) is 3.27. The molecule has 0 atom stereocenters. The molecule has 27 heavy (non-hydrogen) atoms. The minimum absolute atomic E-state index is 0.0272. The lowest BCUT2D eigenvalue weighted by Crippen LogP contribution is -2.33. The molecular weight excluding hydrogens is 330 g/mol. The molecule has 2 heteroatoms. The van der Waals surface area contributed by atoms with E-state index in [1.807, 2.05) is 0 Å². The van der Waals surface area contributed by atoms with E-state index in [1.165, 1.54) is 27.8 Å². The van der Waals surface area contributed by atoms with Crippen molar-refractivity contribution < 1.29 is 4.79 Å². The van der Waals surface area contributed by atoms with Gasteiger partial charge in [-0.2, -0.15) is 0 Å². The normalized spacial score (nSPS) is 18.8. The summed E-state index contributed by atoms with van der Waals surface area (Å²) in [7, 11) is 0. The van der Waals surface area contributed by atoms with Crippen LogP contribution >= 0.6 is 0 Å². The Labute approximate surface area is 162 Å². The lowest BCUT2D eigenvalue weighted by molar-refractivity contribution is -0.117. The van der Waals surface area contributed by atoms with E-state index in [9.17, 15) is 4.79 Å². The summed E-state index contributed by atoms with van der Waals surface area (Å²) in [4.78, 5) is 13.7. The Morgan fingerprint density at radius 2 is 1.44 bits per heavy atom. The molecule has 2 aliphatic rings. The Morgan fingerprint density at radius 3 is 1.96 bits per heavy atom. The number of ketones is 1. The van der Waals surface area contributed by atoms with Crippen LogP contribution < -0.4 is 0 Å². The maximum absolute atomic E-state index is 11.3. The van der Waals surface area contributed by atoms with Crippen molar-refractivity contribution in [3.8, 4) is 0 Å². The first-order valence-electron chi connectivity index (χ1n) is 10.1. The van der Waals surface area contributed by atoms with Gasteiger partial charge >= 0.3 is 0 Å². The zero-order valence-electron chi connectivity index (χ0n) is 16.7. The average Bonchev–Trinajstić information content (AvgIpc) is 2.68. The Hall–Kier alpha value is -2.19. The number of carbonyl (C=O) groups is 1. The first kappa shape index (κ1) is 18.2. The third-order valence-electron chi connectivity index (χ3n) is 6.33. The molecule has 0 saturated carbocycles. The van der Waals surface area contributed by atoms with Gasteiger partial charge in [-0.1, -0.05) is 68.0 Å². The number of fused-ring (bicyclic) bond motifs is 2. The Balaban J connectivity index is 1.74. The van der Waals surface area contributed by atoms with Gasteiger partial charge in [-0.05, 0) is 47.6 Å². The molecule has 4 rings (SSSR count). The van der Waals surface area contributed by atoms with Crippen LogP contribution in [0.1, 0.15) is 62.3 Å². The topological polar surface area (TPSA) is 20.3 Å². The van der Waals surface area contributed by atoms with Gasteiger partial charge in [0.05, 0.1) is 0 Å². The molecule has 0 bridgehead atoms. The Kier molecular flexibility index (Phi) is 4.77. The van der Waals surface area contributed by atoms with Crippen molar-refractivity contribution in [3.05, 3.63) is 76.4 Å². The highest BCUT2D eigenvalue weighted by atomic mass is 16.1. The summed E-state index contributed by atoms with van der Waals surface area (Å²) in [6.07, 6.45) is 2.86. The lowest BCUT2D eigenvalue weighted by atomic mass is 9.66. The summed E-state index contributed by atoms with van der Waals surface area (Å²) in [6, 6.07) is 17.9. The number of hydrogen-bond acceptors (Lipinski definition) is 2. The number of benzene rings is 2. The molecule has 2 aromatic rings. The standard InChI is InChI=1S/C25H29NO/c1-18(27)12-15-26-16-13-19(14-17-26)24-20-8-4-6-10-22(20)25(2,3)23-11-7-5-9-21(23)24/h4-11H,12-17H2,1-3H3. The van der Waals surface area contributed by atoms with Gasteiger partial charge in [0.15, 0.2) is 0 Å². The molecule has 0 radical (unpaired) electrons. The molecule has 1 aliphatic heterocycles. The lowest BCUT2D eigenvalue weighted by Gasteiger charge is -2.38. The summed E-state index contributed by atoms with van der Waals surface area (Å²) < 4.78 is 0. The second kappa shape index (κ2) is 7.09. The minimum atomic E-state index is 0.0272. The predicted octanol–water partition coefficient (Wildman–Crippen LogP) is 5.20. The molecule has 2 nitrogen and oxygen atoms in total. The van der Waals surface area contributed by atoms with Gasteiger partial charge in [0.2, 0.25) is 0 Å². The Bertz CT molecular complexity index is 845. The van der Waals surface area contributed by atoms with Crippen LogP contribution in [-0.2, 0) is 10.2 Å². The molecule has 2 aromatic carbocycles. The second-order valence-corrected chi connectivity index (χ2v) is 8.49. The summed E-state index contributed by atoms with van der Waals surface area (Å²) in [5.74, 6) is 0.288. The Morgan fingerprint density at radius 1 is 0.926 bits per heavy atom. The van der Waals surface area contributed by atoms with E-state index >= 15 is 0 Å². The second-order valence-electron chi connectivity index (χ2n) is 8.49. The SMILES string of the molecule is CC(=O)CCN1CCC(=C2c3ccccc3C(C)(C)c3ccccc32)CC1. The molecule has 140 valence electrons. The summed E-state index contributed by atoms with van der Waals surface area (Å²) in [5.41, 5.74) is 8.76. The fourth-order valence-corrected chi connectivity index (χ4v) is 4.78. The van der Waals surface area contributed by atoms with Gasteiger partial charge in [-0.15, -0.1) is 0 Å². The van der Waals surface area contributed by atoms with Crippen LogP contribution in [0.5, 0.6) is 0 Å². The van der Waals surface area contributed by atoms with Gasteiger partial charge in [-0.25, -0.2) is 0 Å². The number of carbonyl (C=O) groups excluding carboxylic acids is 1.